The summed E-state index contributed by atoms with van der Waals surface area (Å²) in [5, 5.41) is 9.67. The van der Waals surface area contributed by atoms with Crippen molar-refractivity contribution in [3.05, 3.63) is 47.2 Å². The lowest BCUT2D eigenvalue weighted by atomic mass is 10.0. The van der Waals surface area contributed by atoms with Gasteiger partial charge >= 0.3 is 0 Å². The van der Waals surface area contributed by atoms with E-state index in [0.717, 1.165) is 28.3 Å². The maximum atomic E-state index is 8.92. The maximum absolute atomic E-state index is 8.92. The fraction of sp³-hybridized carbons (Fsp3) is 0.286. The maximum Gasteiger partial charge on any atom is 0.0437 e. The number of hydrogen-bond donors (Lipinski definition) is 2. The molecule has 0 aliphatic heterocycles. The highest BCUT2D eigenvalue weighted by Crippen LogP contribution is 2.26. The second kappa shape index (κ2) is 5.39. The number of H-pyrrole nitrogens is 1. The van der Waals surface area contributed by atoms with E-state index in [4.69, 9.17) is 16.7 Å². The van der Waals surface area contributed by atoms with E-state index in [9.17, 15) is 0 Å². The van der Waals surface area contributed by atoms with Gasteiger partial charge in [-0.3, -0.25) is 0 Å². The van der Waals surface area contributed by atoms with Gasteiger partial charge in [-0.2, -0.15) is 0 Å². The quantitative estimate of drug-likeness (QED) is 0.849. The summed E-state index contributed by atoms with van der Waals surface area (Å²) >= 11 is 5.86. The Morgan fingerprint density at radius 3 is 2.59 bits per heavy atom. The lowest BCUT2D eigenvalue weighted by Crippen LogP contribution is -1.96. The fourth-order valence-electron chi connectivity index (χ4n) is 1.85. The normalized spacial score (nSPS) is 12.6. The number of aliphatic hydroxyl groups excluding tert-OH is 1. The summed E-state index contributed by atoms with van der Waals surface area (Å²) in [6.45, 7) is 2.32. The van der Waals surface area contributed by atoms with Crippen LogP contribution in [0.4, 0.5) is 0 Å². The van der Waals surface area contributed by atoms with E-state index < -0.39 is 0 Å². The van der Waals surface area contributed by atoms with Crippen LogP contribution < -0.4 is 0 Å². The van der Waals surface area contributed by atoms with Gasteiger partial charge in [0.1, 0.15) is 0 Å². The van der Waals surface area contributed by atoms with Gasteiger partial charge in [-0.15, -0.1) is 0 Å². The molecule has 0 aliphatic carbocycles. The van der Waals surface area contributed by atoms with Gasteiger partial charge in [-0.1, -0.05) is 30.7 Å². The molecule has 1 unspecified atom stereocenters. The van der Waals surface area contributed by atoms with Crippen molar-refractivity contribution in [2.75, 3.05) is 6.61 Å². The third kappa shape index (κ3) is 2.90. The monoisotopic (exact) mass is 249 g/mol. The molecule has 0 fully saturated rings. The molecular formula is C14H16ClNO. The first-order valence-corrected chi connectivity index (χ1v) is 6.13. The van der Waals surface area contributed by atoms with E-state index in [-0.39, 0.29) is 6.61 Å². The zero-order valence-electron chi connectivity index (χ0n) is 9.78. The molecule has 3 heteroatoms. The van der Waals surface area contributed by atoms with Crippen LogP contribution in [-0.2, 0) is 0 Å². The van der Waals surface area contributed by atoms with Crippen molar-refractivity contribution in [2.45, 2.75) is 19.3 Å². The molecule has 0 spiro atoms. The van der Waals surface area contributed by atoms with E-state index in [1.165, 1.54) is 0 Å². The van der Waals surface area contributed by atoms with Gasteiger partial charge in [-0.05, 0) is 41.7 Å². The van der Waals surface area contributed by atoms with Crippen LogP contribution in [0.3, 0.4) is 0 Å². The molecule has 1 atom stereocenters. The van der Waals surface area contributed by atoms with Crippen molar-refractivity contribution < 1.29 is 5.11 Å². The summed E-state index contributed by atoms with van der Waals surface area (Å²) in [5.74, 6) is 0.348. The van der Waals surface area contributed by atoms with Crippen LogP contribution in [0.25, 0.3) is 11.1 Å². The number of rotatable bonds is 4. The van der Waals surface area contributed by atoms with Crippen LogP contribution in [0.5, 0.6) is 0 Å². The average molecular weight is 250 g/mol. The topological polar surface area (TPSA) is 36.0 Å². The second-order valence-corrected chi connectivity index (χ2v) is 4.70. The minimum absolute atomic E-state index is 0.219. The predicted octanol–water partition coefficient (Wildman–Crippen LogP) is 3.82. The highest BCUT2D eigenvalue weighted by Gasteiger charge is 2.08. The van der Waals surface area contributed by atoms with Gasteiger partial charge in [0.25, 0.3) is 0 Å². The third-order valence-corrected chi connectivity index (χ3v) is 3.23. The highest BCUT2D eigenvalue weighted by molar-refractivity contribution is 6.30. The van der Waals surface area contributed by atoms with Gasteiger partial charge in [0.05, 0.1) is 0 Å². The molecule has 0 radical (unpaired) electrons. The molecule has 17 heavy (non-hydrogen) atoms. The molecule has 0 aliphatic rings. The second-order valence-electron chi connectivity index (χ2n) is 4.26. The van der Waals surface area contributed by atoms with E-state index in [1.807, 2.05) is 30.5 Å². The summed E-state index contributed by atoms with van der Waals surface area (Å²) in [6, 6.07) is 9.92. The third-order valence-electron chi connectivity index (χ3n) is 2.98. The lowest BCUT2D eigenvalue weighted by Gasteiger charge is -2.06. The van der Waals surface area contributed by atoms with Crippen LogP contribution in [0, 0.1) is 0 Å². The fourth-order valence-corrected chi connectivity index (χ4v) is 1.98. The Kier molecular flexibility index (Phi) is 3.87. The van der Waals surface area contributed by atoms with Gasteiger partial charge in [-0.25, -0.2) is 0 Å². The van der Waals surface area contributed by atoms with Crippen LogP contribution >= 0.6 is 11.6 Å². The zero-order chi connectivity index (χ0) is 12.3. The molecule has 0 amide bonds. The van der Waals surface area contributed by atoms with Gasteiger partial charge < -0.3 is 10.1 Å². The summed E-state index contributed by atoms with van der Waals surface area (Å²) in [7, 11) is 0. The smallest absolute Gasteiger partial charge is 0.0437 e. The highest BCUT2D eigenvalue weighted by atomic mass is 35.5. The molecule has 2 aromatic rings. The summed E-state index contributed by atoms with van der Waals surface area (Å²) in [6.07, 6.45) is 2.77. The molecule has 1 aromatic heterocycles. The van der Waals surface area contributed by atoms with Gasteiger partial charge in [0, 0.05) is 23.5 Å². The molecule has 2 rings (SSSR count). The Bertz CT molecular complexity index is 475. The molecule has 0 saturated heterocycles. The largest absolute Gasteiger partial charge is 0.396 e. The molecule has 2 nitrogen and oxygen atoms in total. The minimum atomic E-state index is 0.219. The standard InChI is InChI=1S/C14H16ClNO/c1-10(6-7-17)14-8-12(9-16-14)11-2-4-13(15)5-3-11/h2-5,8-10,16-17H,6-7H2,1H3. The number of nitrogens with one attached hydrogen (secondary N) is 1. The average Bonchev–Trinajstić information content (AvgIpc) is 2.80. The molecule has 0 bridgehead atoms. The van der Waals surface area contributed by atoms with Crippen LogP contribution in [0.2, 0.25) is 5.02 Å². The summed E-state index contributed by atoms with van der Waals surface area (Å²) in [5.41, 5.74) is 3.46. The number of aromatic nitrogens is 1. The molecule has 90 valence electrons. The van der Waals surface area contributed by atoms with E-state index in [2.05, 4.69) is 18.0 Å². The molecule has 1 heterocycles. The van der Waals surface area contributed by atoms with Crippen LogP contribution in [0.15, 0.2) is 36.5 Å². The molecular weight excluding hydrogens is 234 g/mol. The summed E-state index contributed by atoms with van der Waals surface area (Å²) in [4.78, 5) is 3.26. The number of halogens is 1. The molecule has 0 saturated carbocycles. The predicted molar refractivity (Wildman–Crippen MR) is 71.4 cm³/mol. The first-order valence-electron chi connectivity index (χ1n) is 5.76. The van der Waals surface area contributed by atoms with Crippen molar-refractivity contribution in [1.82, 2.24) is 4.98 Å². The Morgan fingerprint density at radius 1 is 1.24 bits per heavy atom. The van der Waals surface area contributed by atoms with E-state index in [1.54, 1.807) is 0 Å². The molecule has 2 N–H and O–H groups in total. The van der Waals surface area contributed by atoms with Crippen LogP contribution in [0.1, 0.15) is 25.0 Å². The zero-order valence-corrected chi connectivity index (χ0v) is 10.5. The minimum Gasteiger partial charge on any atom is -0.396 e. The number of aliphatic hydroxyl groups is 1. The van der Waals surface area contributed by atoms with Gasteiger partial charge in [0.2, 0.25) is 0 Å². The van der Waals surface area contributed by atoms with Crippen molar-refractivity contribution in [3.8, 4) is 11.1 Å². The van der Waals surface area contributed by atoms with Crippen molar-refractivity contribution >= 4 is 11.6 Å². The first-order chi connectivity index (χ1) is 8.20. The molecule has 1 aromatic carbocycles. The Hall–Kier alpha value is -1.25. The Balaban J connectivity index is 2.20. The summed E-state index contributed by atoms with van der Waals surface area (Å²) < 4.78 is 0. The first kappa shape index (κ1) is 12.2. The number of aromatic amines is 1. The van der Waals surface area contributed by atoms with Crippen molar-refractivity contribution in [3.63, 3.8) is 0 Å². The van der Waals surface area contributed by atoms with E-state index in [0.29, 0.717) is 5.92 Å². The van der Waals surface area contributed by atoms with Gasteiger partial charge in [0.15, 0.2) is 0 Å². The Labute approximate surface area is 106 Å². The number of benzene rings is 1. The Morgan fingerprint density at radius 2 is 1.94 bits per heavy atom. The lowest BCUT2D eigenvalue weighted by molar-refractivity contribution is 0.278. The number of hydrogen-bond acceptors (Lipinski definition) is 1. The van der Waals surface area contributed by atoms with Crippen molar-refractivity contribution in [2.24, 2.45) is 0 Å². The van der Waals surface area contributed by atoms with Crippen LogP contribution in [-0.4, -0.2) is 16.7 Å². The van der Waals surface area contributed by atoms with Crippen molar-refractivity contribution in [1.29, 1.82) is 0 Å². The van der Waals surface area contributed by atoms with E-state index >= 15 is 0 Å². The SMILES string of the molecule is CC(CCO)c1cc(-c2ccc(Cl)cc2)c[nH]1.